The number of rotatable bonds is 3. The molecule has 1 saturated heterocycles. The average molecular weight is 223 g/mol. The minimum Gasteiger partial charge on any atom is -0.347 e. The van der Waals surface area contributed by atoms with Gasteiger partial charge < -0.3 is 14.8 Å². The van der Waals surface area contributed by atoms with E-state index in [1.54, 1.807) is 0 Å². The second-order valence-electron chi connectivity index (χ2n) is 3.91. The molecule has 0 spiro atoms. The summed E-state index contributed by atoms with van der Waals surface area (Å²) in [6.07, 6.45) is 3.40. The number of amides is 1. The van der Waals surface area contributed by atoms with Gasteiger partial charge in [-0.15, -0.1) is 0 Å². The third kappa shape index (κ3) is 2.34. The Kier molecular flexibility index (Phi) is 2.84. The van der Waals surface area contributed by atoms with Gasteiger partial charge in [0, 0.05) is 0 Å². The molecule has 2 heterocycles. The first kappa shape index (κ1) is 11.0. The highest BCUT2D eigenvalue weighted by Crippen LogP contribution is 2.30. The monoisotopic (exact) mass is 223 g/mol. The lowest BCUT2D eigenvalue weighted by atomic mass is 10.3. The van der Waals surface area contributed by atoms with E-state index in [1.807, 2.05) is 13.8 Å². The minimum atomic E-state index is -0.590. The Balaban J connectivity index is 2.08. The number of hydrogen-bond donors (Lipinski definition) is 1. The summed E-state index contributed by atoms with van der Waals surface area (Å²) in [6, 6.07) is 0. The minimum absolute atomic E-state index is 0.250. The Bertz CT molecular complexity index is 377. The molecule has 86 valence electrons. The number of carbonyl (C=O) groups is 1. The van der Waals surface area contributed by atoms with Crippen LogP contribution in [0.4, 0.5) is 5.69 Å². The molecule has 2 rings (SSSR count). The largest absolute Gasteiger partial charge is 0.347 e. The van der Waals surface area contributed by atoms with Gasteiger partial charge in [0.15, 0.2) is 11.6 Å². The van der Waals surface area contributed by atoms with Crippen LogP contribution in [0, 0.1) is 0 Å². The maximum Gasteiger partial charge on any atom is 0.211 e. The van der Waals surface area contributed by atoms with Gasteiger partial charge in [-0.05, 0) is 13.8 Å². The number of carbonyl (C=O) groups excluding carboxylic acids is 1. The summed E-state index contributed by atoms with van der Waals surface area (Å²) in [5.74, 6) is -0.0321. The van der Waals surface area contributed by atoms with Crippen LogP contribution in [0.3, 0.4) is 0 Å². The summed E-state index contributed by atoms with van der Waals surface area (Å²) < 4.78 is 11.0. The molecule has 1 atom stereocenters. The molecular weight excluding hydrogens is 210 g/mol. The molecule has 0 bridgehead atoms. The average Bonchev–Trinajstić information content (AvgIpc) is 2.61. The molecule has 1 amide bonds. The van der Waals surface area contributed by atoms with Gasteiger partial charge in [-0.3, -0.25) is 4.79 Å². The number of ether oxygens (including phenoxy) is 2. The second-order valence-corrected chi connectivity index (χ2v) is 3.91. The standard InChI is InChI=1S/C10H13N3O3/c1-10(2)15-5-8(16-10)9-11-3-7(4-12-9)13-6-14/h3-4,6,8H,5H2,1-2H3,(H,13,14). The van der Waals surface area contributed by atoms with Gasteiger partial charge in [0.05, 0.1) is 24.7 Å². The van der Waals surface area contributed by atoms with E-state index in [9.17, 15) is 4.79 Å². The van der Waals surface area contributed by atoms with E-state index in [1.165, 1.54) is 12.4 Å². The normalized spacial score (nSPS) is 23.0. The molecule has 6 heteroatoms. The van der Waals surface area contributed by atoms with Crippen molar-refractivity contribution in [2.24, 2.45) is 0 Å². The van der Waals surface area contributed by atoms with Gasteiger partial charge in [-0.1, -0.05) is 0 Å². The van der Waals surface area contributed by atoms with Crippen molar-refractivity contribution in [3.8, 4) is 0 Å². The van der Waals surface area contributed by atoms with Gasteiger partial charge in [0.2, 0.25) is 6.41 Å². The zero-order valence-corrected chi connectivity index (χ0v) is 9.14. The van der Waals surface area contributed by atoms with E-state index in [0.29, 0.717) is 24.5 Å². The van der Waals surface area contributed by atoms with Crippen LogP contribution in [0.2, 0.25) is 0 Å². The number of hydrogen-bond acceptors (Lipinski definition) is 5. The SMILES string of the molecule is CC1(C)OCC(c2ncc(NC=O)cn2)O1. The Labute approximate surface area is 93.0 Å². The van der Waals surface area contributed by atoms with Gasteiger partial charge in [0.25, 0.3) is 0 Å². The van der Waals surface area contributed by atoms with Crippen LogP contribution in [0.5, 0.6) is 0 Å². The van der Waals surface area contributed by atoms with Gasteiger partial charge >= 0.3 is 0 Å². The topological polar surface area (TPSA) is 73.3 Å². The predicted octanol–water partition coefficient (Wildman–Crippen LogP) is 0.869. The molecule has 0 aliphatic carbocycles. The van der Waals surface area contributed by atoms with Crippen LogP contribution in [0.1, 0.15) is 25.8 Å². The highest BCUT2D eigenvalue weighted by Gasteiger charge is 2.35. The molecule has 0 aromatic carbocycles. The Morgan fingerprint density at radius 3 is 2.69 bits per heavy atom. The van der Waals surface area contributed by atoms with Crippen LogP contribution in [-0.4, -0.2) is 28.8 Å². The lowest BCUT2D eigenvalue weighted by molar-refractivity contribution is -0.139. The molecule has 1 N–H and O–H groups in total. The van der Waals surface area contributed by atoms with E-state index in [4.69, 9.17) is 9.47 Å². The Morgan fingerprint density at radius 1 is 1.50 bits per heavy atom. The Hall–Kier alpha value is -1.53. The molecule has 1 unspecified atom stereocenters. The van der Waals surface area contributed by atoms with Gasteiger partial charge in [-0.25, -0.2) is 9.97 Å². The third-order valence-corrected chi connectivity index (χ3v) is 2.19. The lowest BCUT2D eigenvalue weighted by Gasteiger charge is -2.16. The molecule has 1 aromatic rings. The third-order valence-electron chi connectivity index (χ3n) is 2.19. The number of aromatic nitrogens is 2. The van der Waals surface area contributed by atoms with Crippen molar-refractivity contribution >= 4 is 12.1 Å². The van der Waals surface area contributed by atoms with Crippen molar-refractivity contribution in [1.82, 2.24) is 9.97 Å². The summed E-state index contributed by atoms with van der Waals surface area (Å²) in [5.41, 5.74) is 0.553. The van der Waals surface area contributed by atoms with Gasteiger partial charge in [0.1, 0.15) is 6.10 Å². The number of anilines is 1. The molecule has 0 saturated carbocycles. The van der Waals surface area contributed by atoms with Crippen LogP contribution in [0.25, 0.3) is 0 Å². The fourth-order valence-electron chi connectivity index (χ4n) is 1.46. The van der Waals surface area contributed by atoms with Crippen LogP contribution in [0.15, 0.2) is 12.4 Å². The van der Waals surface area contributed by atoms with Crippen molar-refractivity contribution in [2.75, 3.05) is 11.9 Å². The van der Waals surface area contributed by atoms with E-state index in [0.717, 1.165) is 0 Å². The highest BCUT2D eigenvalue weighted by molar-refractivity contribution is 5.69. The van der Waals surface area contributed by atoms with Crippen LogP contribution in [-0.2, 0) is 14.3 Å². The van der Waals surface area contributed by atoms with Crippen molar-refractivity contribution < 1.29 is 14.3 Å². The van der Waals surface area contributed by atoms with Crippen molar-refractivity contribution in [2.45, 2.75) is 25.7 Å². The molecule has 1 aromatic heterocycles. The van der Waals surface area contributed by atoms with Crippen molar-refractivity contribution in [3.63, 3.8) is 0 Å². The quantitative estimate of drug-likeness (QED) is 0.769. The summed E-state index contributed by atoms with van der Waals surface area (Å²) in [4.78, 5) is 18.4. The molecular formula is C10H13N3O3. The van der Waals surface area contributed by atoms with E-state index in [-0.39, 0.29) is 6.10 Å². The first-order valence-corrected chi connectivity index (χ1v) is 4.94. The molecule has 1 fully saturated rings. The zero-order chi connectivity index (χ0) is 11.6. The summed E-state index contributed by atoms with van der Waals surface area (Å²) in [6.45, 7) is 4.12. The van der Waals surface area contributed by atoms with Crippen molar-refractivity contribution in [1.29, 1.82) is 0 Å². The van der Waals surface area contributed by atoms with Gasteiger partial charge in [-0.2, -0.15) is 0 Å². The van der Waals surface area contributed by atoms with E-state index in [2.05, 4.69) is 15.3 Å². The first-order chi connectivity index (χ1) is 7.61. The maximum atomic E-state index is 10.2. The van der Waals surface area contributed by atoms with E-state index >= 15 is 0 Å². The van der Waals surface area contributed by atoms with E-state index < -0.39 is 5.79 Å². The predicted molar refractivity (Wildman–Crippen MR) is 55.6 cm³/mol. The van der Waals surface area contributed by atoms with Crippen LogP contribution < -0.4 is 5.32 Å². The maximum absolute atomic E-state index is 10.2. The molecule has 16 heavy (non-hydrogen) atoms. The van der Waals surface area contributed by atoms with Crippen LogP contribution >= 0.6 is 0 Å². The molecule has 1 aliphatic rings. The fourth-order valence-corrected chi connectivity index (χ4v) is 1.46. The Morgan fingerprint density at radius 2 is 2.19 bits per heavy atom. The molecule has 1 aliphatic heterocycles. The second kappa shape index (κ2) is 4.15. The summed E-state index contributed by atoms with van der Waals surface area (Å²) in [7, 11) is 0. The molecule has 0 radical (unpaired) electrons. The van der Waals surface area contributed by atoms with Crippen molar-refractivity contribution in [3.05, 3.63) is 18.2 Å². The molecule has 6 nitrogen and oxygen atoms in total. The summed E-state index contributed by atoms with van der Waals surface area (Å²) >= 11 is 0. The fraction of sp³-hybridized carbons (Fsp3) is 0.500. The summed E-state index contributed by atoms with van der Waals surface area (Å²) in [5, 5.41) is 2.46. The zero-order valence-electron chi connectivity index (χ0n) is 9.14. The number of nitrogens with one attached hydrogen (secondary N) is 1. The highest BCUT2D eigenvalue weighted by atomic mass is 16.7. The number of nitrogens with zero attached hydrogens (tertiary/aromatic N) is 2. The first-order valence-electron chi connectivity index (χ1n) is 4.94. The lowest BCUT2D eigenvalue weighted by Crippen LogP contribution is -2.20. The smallest absolute Gasteiger partial charge is 0.211 e.